The molecule has 0 aromatic carbocycles. The van der Waals surface area contributed by atoms with Gasteiger partial charge in [0.15, 0.2) is 0 Å². The molecule has 2 N–H and O–H groups in total. The predicted octanol–water partition coefficient (Wildman–Crippen LogP) is 0.110. The number of nitrogens with zero attached hydrogens (tertiary/aromatic N) is 1. The first-order valence-corrected chi connectivity index (χ1v) is 3.20. The smallest absolute Gasteiger partial charge is 0.282 e. The molecule has 3 heteroatoms. The van der Waals surface area contributed by atoms with Crippen molar-refractivity contribution in [2.45, 2.75) is 18.9 Å². The summed E-state index contributed by atoms with van der Waals surface area (Å²) in [5.74, 6) is 0.643. The van der Waals surface area contributed by atoms with Gasteiger partial charge in [-0.2, -0.15) is 0 Å². The van der Waals surface area contributed by atoms with Gasteiger partial charge in [-0.1, -0.05) is 0 Å². The van der Waals surface area contributed by atoms with Crippen LogP contribution in [-0.2, 0) is 4.74 Å². The Morgan fingerprint density at radius 3 is 3.22 bits per heavy atom. The second-order valence-corrected chi connectivity index (χ2v) is 2.99. The normalized spacial score (nSPS) is 46.8. The molecule has 1 aliphatic heterocycles. The van der Waals surface area contributed by atoms with Gasteiger partial charge in [0.05, 0.1) is 6.54 Å². The van der Waals surface area contributed by atoms with Gasteiger partial charge < -0.3 is 10.5 Å². The van der Waals surface area contributed by atoms with Crippen LogP contribution in [0.2, 0.25) is 0 Å². The van der Waals surface area contributed by atoms with Crippen LogP contribution in [0.4, 0.5) is 0 Å². The van der Waals surface area contributed by atoms with Gasteiger partial charge in [0.25, 0.3) is 6.02 Å². The standard InChI is InChI=1S/C6H10N2O/c1-6-2-4(6)3-8-5(7)9-6/h4H,2-3H2,1H3,(H2,7,8). The van der Waals surface area contributed by atoms with Gasteiger partial charge in [0.2, 0.25) is 0 Å². The van der Waals surface area contributed by atoms with Crippen LogP contribution < -0.4 is 5.73 Å². The van der Waals surface area contributed by atoms with Crippen molar-refractivity contribution in [2.75, 3.05) is 6.54 Å². The second-order valence-electron chi connectivity index (χ2n) is 2.99. The topological polar surface area (TPSA) is 47.6 Å². The van der Waals surface area contributed by atoms with E-state index in [0.29, 0.717) is 11.9 Å². The monoisotopic (exact) mass is 126 g/mol. The fourth-order valence-corrected chi connectivity index (χ4v) is 1.28. The first kappa shape index (κ1) is 5.09. The predicted molar refractivity (Wildman–Crippen MR) is 34.1 cm³/mol. The maximum Gasteiger partial charge on any atom is 0.282 e. The number of rotatable bonds is 0. The highest BCUT2D eigenvalue weighted by Crippen LogP contribution is 2.48. The Kier molecular flexibility index (Phi) is 0.693. The minimum Gasteiger partial charge on any atom is -0.459 e. The molecule has 1 aliphatic carbocycles. The van der Waals surface area contributed by atoms with Gasteiger partial charge in [-0.3, -0.25) is 0 Å². The molecule has 0 aromatic rings. The molecule has 0 spiro atoms. The Morgan fingerprint density at radius 2 is 2.67 bits per heavy atom. The molecule has 2 atom stereocenters. The molecule has 50 valence electrons. The largest absolute Gasteiger partial charge is 0.459 e. The fourth-order valence-electron chi connectivity index (χ4n) is 1.28. The zero-order valence-electron chi connectivity index (χ0n) is 5.42. The Balaban J connectivity index is 2.17. The number of amidine groups is 1. The van der Waals surface area contributed by atoms with Crippen molar-refractivity contribution in [3.63, 3.8) is 0 Å². The molecule has 2 aliphatic rings. The van der Waals surface area contributed by atoms with Crippen LogP contribution >= 0.6 is 0 Å². The Morgan fingerprint density at radius 1 is 1.89 bits per heavy atom. The molecule has 0 radical (unpaired) electrons. The molecule has 0 saturated heterocycles. The summed E-state index contributed by atoms with van der Waals surface area (Å²) in [7, 11) is 0. The molecule has 1 fully saturated rings. The minimum atomic E-state index is 0.0613. The molecule has 2 rings (SSSR count). The van der Waals surface area contributed by atoms with Crippen LogP contribution in [0.3, 0.4) is 0 Å². The summed E-state index contributed by atoms with van der Waals surface area (Å²) in [4.78, 5) is 3.97. The zero-order valence-corrected chi connectivity index (χ0v) is 5.42. The summed E-state index contributed by atoms with van der Waals surface area (Å²) in [6, 6.07) is 0.367. The molecule has 9 heavy (non-hydrogen) atoms. The van der Waals surface area contributed by atoms with E-state index in [0.717, 1.165) is 13.0 Å². The van der Waals surface area contributed by atoms with Crippen molar-refractivity contribution in [2.24, 2.45) is 16.6 Å². The Labute approximate surface area is 53.9 Å². The average Bonchev–Trinajstić information content (AvgIpc) is 2.38. The number of hydrogen-bond acceptors (Lipinski definition) is 3. The van der Waals surface area contributed by atoms with E-state index in [1.165, 1.54) is 0 Å². The maximum absolute atomic E-state index is 5.36. The highest BCUT2D eigenvalue weighted by Gasteiger charge is 2.54. The SMILES string of the molecule is CC12CC1CN=C(N)O2. The summed E-state index contributed by atoms with van der Waals surface area (Å²) in [6.45, 7) is 2.95. The third-order valence-corrected chi connectivity index (χ3v) is 2.16. The molecule has 2 unspecified atom stereocenters. The lowest BCUT2D eigenvalue weighted by Crippen LogP contribution is -2.29. The lowest BCUT2D eigenvalue weighted by Gasteiger charge is -2.16. The van der Waals surface area contributed by atoms with Crippen molar-refractivity contribution in [3.05, 3.63) is 0 Å². The molecular formula is C6H10N2O. The number of nitrogens with two attached hydrogens (primary N) is 1. The third kappa shape index (κ3) is 0.605. The molecule has 1 saturated carbocycles. The van der Waals surface area contributed by atoms with Crippen LogP contribution in [0.15, 0.2) is 4.99 Å². The van der Waals surface area contributed by atoms with Crippen LogP contribution in [-0.4, -0.2) is 18.2 Å². The van der Waals surface area contributed by atoms with E-state index in [1.54, 1.807) is 0 Å². The average molecular weight is 126 g/mol. The van der Waals surface area contributed by atoms with E-state index in [9.17, 15) is 0 Å². The van der Waals surface area contributed by atoms with E-state index in [4.69, 9.17) is 10.5 Å². The van der Waals surface area contributed by atoms with Gasteiger partial charge in [-0.05, 0) is 13.3 Å². The summed E-state index contributed by atoms with van der Waals surface area (Å²) in [6.07, 6.45) is 1.12. The number of ether oxygens (including phenoxy) is 1. The van der Waals surface area contributed by atoms with Gasteiger partial charge >= 0.3 is 0 Å². The quantitative estimate of drug-likeness (QED) is 0.500. The number of fused-ring (bicyclic) bond motifs is 1. The van der Waals surface area contributed by atoms with E-state index >= 15 is 0 Å². The maximum atomic E-state index is 5.36. The van der Waals surface area contributed by atoms with Crippen molar-refractivity contribution in [1.82, 2.24) is 0 Å². The summed E-state index contributed by atoms with van der Waals surface area (Å²) < 4.78 is 5.28. The van der Waals surface area contributed by atoms with E-state index < -0.39 is 0 Å². The lowest BCUT2D eigenvalue weighted by molar-refractivity contribution is 0.152. The van der Waals surface area contributed by atoms with Crippen molar-refractivity contribution in [3.8, 4) is 0 Å². The molecule has 0 amide bonds. The molecule has 0 aromatic heterocycles. The first-order chi connectivity index (χ1) is 4.21. The van der Waals surface area contributed by atoms with Crippen molar-refractivity contribution >= 4 is 6.02 Å². The van der Waals surface area contributed by atoms with E-state index in [2.05, 4.69) is 11.9 Å². The van der Waals surface area contributed by atoms with E-state index in [1.807, 2.05) is 0 Å². The van der Waals surface area contributed by atoms with Gasteiger partial charge in [-0.25, -0.2) is 4.99 Å². The second kappa shape index (κ2) is 1.23. The minimum absolute atomic E-state index is 0.0613. The van der Waals surface area contributed by atoms with E-state index in [-0.39, 0.29) is 5.60 Å². The Bertz CT molecular complexity index is 178. The fraction of sp³-hybridized carbons (Fsp3) is 0.833. The van der Waals surface area contributed by atoms with Gasteiger partial charge in [0.1, 0.15) is 5.60 Å². The molecular weight excluding hydrogens is 116 g/mol. The van der Waals surface area contributed by atoms with Crippen LogP contribution in [0.25, 0.3) is 0 Å². The van der Waals surface area contributed by atoms with Crippen LogP contribution in [0.1, 0.15) is 13.3 Å². The van der Waals surface area contributed by atoms with Crippen LogP contribution in [0.5, 0.6) is 0 Å². The zero-order chi connectivity index (χ0) is 6.48. The molecule has 1 heterocycles. The number of aliphatic imine (C=N–C) groups is 1. The van der Waals surface area contributed by atoms with Crippen molar-refractivity contribution < 1.29 is 4.74 Å². The lowest BCUT2D eigenvalue weighted by atomic mass is 10.3. The first-order valence-electron chi connectivity index (χ1n) is 3.20. The molecule has 0 bridgehead atoms. The summed E-state index contributed by atoms with van der Waals surface area (Å²) in [5, 5.41) is 0. The van der Waals surface area contributed by atoms with Crippen molar-refractivity contribution in [1.29, 1.82) is 0 Å². The summed E-state index contributed by atoms with van der Waals surface area (Å²) in [5.41, 5.74) is 5.43. The van der Waals surface area contributed by atoms with Crippen LogP contribution in [0, 0.1) is 5.92 Å². The Hall–Kier alpha value is -0.730. The molecule has 3 nitrogen and oxygen atoms in total. The summed E-state index contributed by atoms with van der Waals surface area (Å²) >= 11 is 0. The highest BCUT2D eigenvalue weighted by atomic mass is 16.5. The number of hydrogen-bond donors (Lipinski definition) is 1. The van der Waals surface area contributed by atoms with Gasteiger partial charge in [-0.15, -0.1) is 0 Å². The third-order valence-electron chi connectivity index (χ3n) is 2.16. The highest BCUT2D eigenvalue weighted by molar-refractivity contribution is 5.73. The van der Waals surface area contributed by atoms with Gasteiger partial charge in [0, 0.05) is 5.92 Å².